The zero-order valence-corrected chi connectivity index (χ0v) is 13.1. The normalized spacial score (nSPS) is 10.3. The fourth-order valence-corrected chi connectivity index (χ4v) is 3.46. The number of rotatable bonds is 4. The molecule has 0 aliphatic rings. The van der Waals surface area contributed by atoms with Gasteiger partial charge in [0.2, 0.25) is 0 Å². The maximum Gasteiger partial charge on any atom is 0.106 e. The molecular formula is C13H13BrN2S2. The van der Waals surface area contributed by atoms with Crippen molar-refractivity contribution in [1.82, 2.24) is 0 Å². The lowest BCUT2D eigenvalue weighted by atomic mass is 10.1. The molecule has 2 aromatic rings. The molecule has 2 nitrogen and oxygen atoms in total. The van der Waals surface area contributed by atoms with Crippen molar-refractivity contribution in [2.75, 3.05) is 11.9 Å². The third-order valence-electron chi connectivity index (χ3n) is 2.65. The van der Waals surface area contributed by atoms with Crippen LogP contribution >= 0.6 is 39.5 Å². The van der Waals surface area contributed by atoms with E-state index < -0.39 is 0 Å². The summed E-state index contributed by atoms with van der Waals surface area (Å²) >= 11 is 10.4. The first kappa shape index (κ1) is 13.5. The summed E-state index contributed by atoms with van der Waals surface area (Å²) < 4.78 is 1.15. The minimum atomic E-state index is 0.433. The van der Waals surface area contributed by atoms with Gasteiger partial charge in [-0.3, -0.25) is 0 Å². The first-order valence-corrected chi connectivity index (χ1v) is 7.49. The van der Waals surface area contributed by atoms with Crippen LogP contribution in [0.15, 0.2) is 40.2 Å². The van der Waals surface area contributed by atoms with Crippen LogP contribution in [0.2, 0.25) is 0 Å². The smallest absolute Gasteiger partial charge is 0.106 e. The van der Waals surface area contributed by atoms with Gasteiger partial charge < -0.3 is 10.6 Å². The highest BCUT2D eigenvalue weighted by Gasteiger charge is 2.11. The quantitative estimate of drug-likeness (QED) is 0.858. The summed E-state index contributed by atoms with van der Waals surface area (Å²) in [6, 6.07) is 10.0. The van der Waals surface area contributed by atoms with Crippen molar-refractivity contribution in [2.45, 2.75) is 6.54 Å². The van der Waals surface area contributed by atoms with Gasteiger partial charge in [0.15, 0.2) is 0 Å². The highest BCUT2D eigenvalue weighted by Crippen LogP contribution is 2.27. The number of hydrogen-bond acceptors (Lipinski definition) is 3. The molecule has 0 saturated heterocycles. The van der Waals surface area contributed by atoms with Crippen molar-refractivity contribution in [2.24, 2.45) is 5.73 Å². The van der Waals surface area contributed by atoms with Crippen LogP contribution in [-0.2, 0) is 6.54 Å². The molecule has 18 heavy (non-hydrogen) atoms. The summed E-state index contributed by atoms with van der Waals surface area (Å²) in [6.45, 7) is 0.831. The van der Waals surface area contributed by atoms with Crippen molar-refractivity contribution in [3.8, 4) is 0 Å². The molecule has 0 radical (unpaired) electrons. The number of thiophene rings is 1. The molecule has 0 aliphatic heterocycles. The summed E-state index contributed by atoms with van der Waals surface area (Å²) in [7, 11) is 2.04. The van der Waals surface area contributed by atoms with Crippen LogP contribution in [0, 0.1) is 0 Å². The summed E-state index contributed by atoms with van der Waals surface area (Å²) in [5.74, 6) is 0. The molecule has 0 bridgehead atoms. The van der Waals surface area contributed by atoms with E-state index in [1.54, 1.807) is 11.3 Å². The van der Waals surface area contributed by atoms with Crippen molar-refractivity contribution < 1.29 is 0 Å². The molecule has 94 valence electrons. The second kappa shape index (κ2) is 5.82. The number of hydrogen-bond donors (Lipinski definition) is 1. The molecule has 1 heterocycles. The predicted molar refractivity (Wildman–Crippen MR) is 86.5 cm³/mol. The molecular weight excluding hydrogens is 328 g/mol. The largest absolute Gasteiger partial charge is 0.389 e. The molecule has 0 atom stereocenters. The van der Waals surface area contributed by atoms with E-state index in [1.165, 1.54) is 4.88 Å². The number of halogens is 1. The van der Waals surface area contributed by atoms with Crippen LogP contribution in [0.25, 0.3) is 0 Å². The zero-order valence-electron chi connectivity index (χ0n) is 9.89. The molecule has 1 aromatic carbocycles. The zero-order chi connectivity index (χ0) is 13.1. The van der Waals surface area contributed by atoms with Crippen molar-refractivity contribution in [3.63, 3.8) is 0 Å². The first-order valence-electron chi connectivity index (χ1n) is 5.41. The van der Waals surface area contributed by atoms with E-state index in [9.17, 15) is 0 Å². The second-order valence-corrected chi connectivity index (χ2v) is 6.22. The number of anilines is 1. The van der Waals surface area contributed by atoms with Crippen LogP contribution in [0.4, 0.5) is 5.69 Å². The number of para-hydroxylation sites is 1. The fourth-order valence-electron chi connectivity index (χ4n) is 1.75. The Morgan fingerprint density at radius 2 is 2.11 bits per heavy atom. The Morgan fingerprint density at radius 3 is 2.72 bits per heavy atom. The lowest BCUT2D eigenvalue weighted by molar-refractivity contribution is 0.935. The maximum absolute atomic E-state index is 5.75. The van der Waals surface area contributed by atoms with E-state index in [1.807, 2.05) is 31.3 Å². The van der Waals surface area contributed by atoms with E-state index in [-0.39, 0.29) is 0 Å². The Morgan fingerprint density at radius 1 is 1.39 bits per heavy atom. The second-order valence-electron chi connectivity index (χ2n) is 3.93. The van der Waals surface area contributed by atoms with Crippen molar-refractivity contribution in [3.05, 3.63) is 50.6 Å². The maximum atomic E-state index is 5.75. The van der Waals surface area contributed by atoms with E-state index in [2.05, 4.69) is 32.3 Å². The van der Waals surface area contributed by atoms with Crippen LogP contribution in [0.5, 0.6) is 0 Å². The Labute approximate surface area is 125 Å². The van der Waals surface area contributed by atoms with Gasteiger partial charge in [-0.05, 0) is 39.5 Å². The number of nitrogens with two attached hydrogens (primary N) is 1. The monoisotopic (exact) mass is 340 g/mol. The van der Waals surface area contributed by atoms with Crippen molar-refractivity contribution >= 4 is 50.2 Å². The topological polar surface area (TPSA) is 29.3 Å². The molecule has 1 aromatic heterocycles. The van der Waals surface area contributed by atoms with E-state index in [4.69, 9.17) is 18.0 Å². The molecule has 5 heteroatoms. The summed E-state index contributed by atoms with van der Waals surface area (Å²) in [5.41, 5.74) is 7.73. The van der Waals surface area contributed by atoms with Gasteiger partial charge in [-0.1, -0.05) is 24.4 Å². The van der Waals surface area contributed by atoms with Gasteiger partial charge in [-0.2, -0.15) is 0 Å². The third kappa shape index (κ3) is 2.91. The lowest BCUT2D eigenvalue weighted by Gasteiger charge is -2.21. The standard InChI is InChI=1S/C13H13BrN2S2/c1-16(8-12-10(14)6-7-18-12)11-5-3-2-4-9(11)13(15)17/h2-7H,8H2,1H3,(H2,15,17). The third-order valence-corrected chi connectivity index (χ3v) is 4.78. The van der Waals surface area contributed by atoms with Gasteiger partial charge in [-0.25, -0.2) is 0 Å². The molecule has 0 unspecified atom stereocenters. The summed E-state index contributed by atoms with van der Waals surface area (Å²) in [4.78, 5) is 3.88. The highest BCUT2D eigenvalue weighted by atomic mass is 79.9. The Bertz CT molecular complexity index is 566. The van der Waals surface area contributed by atoms with E-state index in [0.29, 0.717) is 4.99 Å². The molecule has 0 saturated carbocycles. The predicted octanol–water partition coefficient (Wildman–Crippen LogP) is 3.78. The van der Waals surface area contributed by atoms with Gasteiger partial charge in [0, 0.05) is 27.6 Å². The minimum absolute atomic E-state index is 0.433. The number of benzene rings is 1. The highest BCUT2D eigenvalue weighted by molar-refractivity contribution is 9.10. The average Bonchev–Trinajstić information content (AvgIpc) is 2.75. The molecule has 0 fully saturated rings. The minimum Gasteiger partial charge on any atom is -0.389 e. The Kier molecular flexibility index (Phi) is 4.37. The fraction of sp³-hybridized carbons (Fsp3) is 0.154. The van der Waals surface area contributed by atoms with Crippen LogP contribution < -0.4 is 10.6 Å². The molecule has 0 spiro atoms. The van der Waals surface area contributed by atoms with Gasteiger partial charge in [0.25, 0.3) is 0 Å². The number of nitrogens with zero attached hydrogens (tertiary/aromatic N) is 1. The Balaban J connectivity index is 2.26. The van der Waals surface area contributed by atoms with Crippen molar-refractivity contribution in [1.29, 1.82) is 0 Å². The van der Waals surface area contributed by atoms with Gasteiger partial charge >= 0.3 is 0 Å². The van der Waals surface area contributed by atoms with Gasteiger partial charge in [0.05, 0.1) is 6.54 Å². The van der Waals surface area contributed by atoms with E-state index in [0.717, 1.165) is 22.3 Å². The summed E-state index contributed by atoms with van der Waals surface area (Å²) in [6.07, 6.45) is 0. The molecule has 0 amide bonds. The number of thiocarbonyl (C=S) groups is 1. The molecule has 2 N–H and O–H groups in total. The van der Waals surface area contributed by atoms with E-state index >= 15 is 0 Å². The van der Waals surface area contributed by atoms with Crippen LogP contribution in [-0.4, -0.2) is 12.0 Å². The molecule has 0 aliphatic carbocycles. The van der Waals surface area contributed by atoms with Crippen LogP contribution in [0.1, 0.15) is 10.4 Å². The van der Waals surface area contributed by atoms with Gasteiger partial charge in [0.1, 0.15) is 4.99 Å². The SMILES string of the molecule is CN(Cc1sccc1Br)c1ccccc1C(N)=S. The van der Waals surface area contributed by atoms with Gasteiger partial charge in [-0.15, -0.1) is 11.3 Å². The lowest BCUT2D eigenvalue weighted by Crippen LogP contribution is -2.21. The first-order chi connectivity index (χ1) is 8.59. The molecule has 2 rings (SSSR count). The average molecular weight is 341 g/mol. The van der Waals surface area contributed by atoms with Crippen LogP contribution in [0.3, 0.4) is 0 Å². The Hall–Kier alpha value is -0.910. The summed E-state index contributed by atoms with van der Waals surface area (Å²) in [5, 5.41) is 2.08.